The van der Waals surface area contributed by atoms with Gasteiger partial charge in [0.2, 0.25) is 0 Å². The molecule has 0 radical (unpaired) electrons. The van der Waals surface area contributed by atoms with Crippen LogP contribution in [0, 0.1) is 0 Å². The summed E-state index contributed by atoms with van der Waals surface area (Å²) >= 11 is 0. The van der Waals surface area contributed by atoms with Crippen LogP contribution >= 0.6 is 0 Å². The summed E-state index contributed by atoms with van der Waals surface area (Å²) in [7, 11) is 1.65. The van der Waals surface area contributed by atoms with Crippen LogP contribution in [-0.4, -0.2) is 59.0 Å². The molecule has 31 heavy (non-hydrogen) atoms. The topological polar surface area (TPSA) is 74.3 Å². The van der Waals surface area contributed by atoms with E-state index in [0.717, 1.165) is 46.8 Å². The Balaban J connectivity index is 1.27. The highest BCUT2D eigenvalue weighted by atomic mass is 16.5. The van der Waals surface area contributed by atoms with E-state index in [1.807, 2.05) is 65.6 Å². The first-order chi connectivity index (χ1) is 15.2. The number of ether oxygens (including phenoxy) is 1. The maximum Gasteiger partial charge on any atom is 0.270 e. The zero-order valence-electron chi connectivity index (χ0n) is 17.3. The number of aromatic nitrogens is 3. The minimum Gasteiger partial charge on any atom is -0.497 e. The van der Waals surface area contributed by atoms with Crippen molar-refractivity contribution >= 4 is 22.6 Å². The van der Waals surface area contributed by atoms with E-state index >= 15 is 0 Å². The summed E-state index contributed by atoms with van der Waals surface area (Å²) in [5.74, 6) is 1.73. The molecule has 0 unspecified atom stereocenters. The number of hydrogen-bond acceptors (Lipinski definition) is 5. The number of carbonyl (C=O) groups is 1. The van der Waals surface area contributed by atoms with Gasteiger partial charge in [0.05, 0.1) is 12.8 Å². The van der Waals surface area contributed by atoms with Gasteiger partial charge in [-0.2, -0.15) is 0 Å². The van der Waals surface area contributed by atoms with Crippen molar-refractivity contribution < 1.29 is 9.53 Å². The summed E-state index contributed by atoms with van der Waals surface area (Å²) < 4.78 is 5.23. The molecule has 1 fully saturated rings. The number of H-pyrrole nitrogens is 1. The highest BCUT2D eigenvalue weighted by Gasteiger charge is 2.24. The van der Waals surface area contributed by atoms with Gasteiger partial charge >= 0.3 is 0 Å². The molecule has 1 aliphatic rings. The first-order valence-electron chi connectivity index (χ1n) is 10.3. The molecule has 1 saturated heterocycles. The fourth-order valence-electron chi connectivity index (χ4n) is 3.94. The molecule has 7 heteroatoms. The van der Waals surface area contributed by atoms with Crippen molar-refractivity contribution in [3.8, 4) is 17.0 Å². The van der Waals surface area contributed by atoms with Crippen LogP contribution in [0.15, 0.2) is 67.0 Å². The van der Waals surface area contributed by atoms with Gasteiger partial charge in [-0.3, -0.25) is 4.79 Å². The third kappa shape index (κ3) is 3.82. The number of carbonyl (C=O) groups excluding carboxylic acids is 1. The third-order valence-electron chi connectivity index (χ3n) is 5.69. The van der Waals surface area contributed by atoms with Gasteiger partial charge in [0, 0.05) is 48.7 Å². The van der Waals surface area contributed by atoms with E-state index in [2.05, 4.69) is 19.9 Å². The van der Waals surface area contributed by atoms with Gasteiger partial charge in [0.1, 0.15) is 23.6 Å². The highest BCUT2D eigenvalue weighted by Crippen LogP contribution is 2.24. The van der Waals surface area contributed by atoms with Crippen molar-refractivity contribution in [2.45, 2.75) is 0 Å². The second-order valence-corrected chi connectivity index (χ2v) is 7.54. The Bertz CT molecular complexity index is 1180. The van der Waals surface area contributed by atoms with E-state index in [0.29, 0.717) is 18.8 Å². The molecule has 1 amide bonds. The molecule has 2 aromatic carbocycles. The number of aromatic amines is 1. The molecule has 0 bridgehead atoms. The van der Waals surface area contributed by atoms with Crippen LogP contribution in [0.4, 0.5) is 5.82 Å². The maximum atomic E-state index is 12.9. The van der Waals surface area contributed by atoms with E-state index < -0.39 is 0 Å². The minimum atomic E-state index is 0.0393. The lowest BCUT2D eigenvalue weighted by molar-refractivity contribution is 0.0741. The largest absolute Gasteiger partial charge is 0.497 e. The van der Waals surface area contributed by atoms with E-state index in [1.165, 1.54) is 0 Å². The standard InChI is InChI=1S/C24H23N5O2/c1-31-19-8-6-17(7-9-19)21-15-23(26-16-25-21)28-10-12-29(13-11-28)24(30)22-14-18-4-2-3-5-20(18)27-22/h2-9,14-16,27H,10-13H2,1H3. The molecular formula is C24H23N5O2. The number of anilines is 1. The SMILES string of the molecule is COc1ccc(-c2cc(N3CCN(C(=O)c4cc5ccccc5[nH]4)CC3)ncn2)cc1. The zero-order valence-corrected chi connectivity index (χ0v) is 17.3. The van der Waals surface area contributed by atoms with Crippen molar-refractivity contribution in [3.63, 3.8) is 0 Å². The monoisotopic (exact) mass is 413 g/mol. The Morgan fingerprint density at radius 2 is 1.74 bits per heavy atom. The molecule has 0 saturated carbocycles. The number of rotatable bonds is 4. The van der Waals surface area contributed by atoms with Gasteiger partial charge in [-0.1, -0.05) is 18.2 Å². The van der Waals surface area contributed by atoms with Crippen molar-refractivity contribution in [3.05, 3.63) is 72.7 Å². The molecule has 0 spiro atoms. The Labute approximate surface area is 180 Å². The molecule has 2 aromatic heterocycles. The lowest BCUT2D eigenvalue weighted by Crippen LogP contribution is -2.49. The van der Waals surface area contributed by atoms with Gasteiger partial charge in [-0.05, 0) is 36.4 Å². The summed E-state index contributed by atoms with van der Waals surface area (Å²) in [5.41, 5.74) is 3.50. The van der Waals surface area contributed by atoms with Gasteiger partial charge in [0.15, 0.2) is 0 Å². The number of nitrogens with one attached hydrogen (secondary N) is 1. The number of amides is 1. The molecule has 7 nitrogen and oxygen atoms in total. The first-order valence-corrected chi connectivity index (χ1v) is 10.3. The predicted octanol–water partition coefficient (Wildman–Crippen LogP) is 3.60. The van der Waals surface area contributed by atoms with Crippen LogP contribution in [-0.2, 0) is 0 Å². The van der Waals surface area contributed by atoms with E-state index in [9.17, 15) is 4.79 Å². The minimum absolute atomic E-state index is 0.0393. The smallest absolute Gasteiger partial charge is 0.270 e. The van der Waals surface area contributed by atoms with Crippen molar-refractivity contribution in [1.29, 1.82) is 0 Å². The van der Waals surface area contributed by atoms with E-state index in [-0.39, 0.29) is 5.91 Å². The molecule has 1 N–H and O–H groups in total. The fourth-order valence-corrected chi connectivity index (χ4v) is 3.94. The summed E-state index contributed by atoms with van der Waals surface area (Å²) in [6.45, 7) is 2.75. The molecule has 3 heterocycles. The molecule has 0 atom stereocenters. The molecular weight excluding hydrogens is 390 g/mol. The number of piperazine rings is 1. The van der Waals surface area contributed by atoms with E-state index in [4.69, 9.17) is 4.74 Å². The van der Waals surface area contributed by atoms with Gasteiger partial charge < -0.3 is 19.5 Å². The summed E-state index contributed by atoms with van der Waals surface area (Å²) in [6.07, 6.45) is 1.59. The second-order valence-electron chi connectivity index (χ2n) is 7.54. The van der Waals surface area contributed by atoms with Crippen LogP contribution in [0.1, 0.15) is 10.5 Å². The molecule has 4 aromatic rings. The van der Waals surface area contributed by atoms with Crippen LogP contribution in [0.5, 0.6) is 5.75 Å². The summed E-state index contributed by atoms with van der Waals surface area (Å²) in [6, 6.07) is 19.7. The van der Waals surface area contributed by atoms with E-state index in [1.54, 1.807) is 13.4 Å². The van der Waals surface area contributed by atoms with Crippen molar-refractivity contribution in [1.82, 2.24) is 19.9 Å². The average Bonchev–Trinajstić information content (AvgIpc) is 3.28. The normalized spacial score (nSPS) is 14.1. The second kappa shape index (κ2) is 8.10. The lowest BCUT2D eigenvalue weighted by atomic mass is 10.1. The Hall–Kier alpha value is -3.87. The number of nitrogens with zero attached hydrogens (tertiary/aromatic N) is 4. The molecule has 156 valence electrons. The number of methoxy groups -OCH3 is 1. The first kappa shape index (κ1) is 19.1. The number of para-hydroxylation sites is 1. The number of fused-ring (bicyclic) bond motifs is 1. The Kier molecular flexibility index (Phi) is 5.00. The summed E-state index contributed by atoms with van der Waals surface area (Å²) in [5, 5.41) is 1.05. The maximum absolute atomic E-state index is 12.9. The van der Waals surface area contributed by atoms with Crippen molar-refractivity contribution in [2.75, 3.05) is 38.2 Å². The van der Waals surface area contributed by atoms with Gasteiger partial charge in [-0.15, -0.1) is 0 Å². The fraction of sp³-hybridized carbons (Fsp3) is 0.208. The highest BCUT2D eigenvalue weighted by molar-refractivity contribution is 5.98. The number of hydrogen-bond donors (Lipinski definition) is 1. The Morgan fingerprint density at radius 1 is 0.968 bits per heavy atom. The molecule has 5 rings (SSSR count). The predicted molar refractivity (Wildman–Crippen MR) is 120 cm³/mol. The van der Waals surface area contributed by atoms with Gasteiger partial charge in [-0.25, -0.2) is 9.97 Å². The van der Waals surface area contributed by atoms with Crippen LogP contribution < -0.4 is 9.64 Å². The van der Waals surface area contributed by atoms with Crippen molar-refractivity contribution in [2.24, 2.45) is 0 Å². The van der Waals surface area contributed by atoms with Crippen LogP contribution in [0.25, 0.3) is 22.2 Å². The van der Waals surface area contributed by atoms with Crippen LogP contribution in [0.3, 0.4) is 0 Å². The average molecular weight is 413 g/mol. The quantitative estimate of drug-likeness (QED) is 0.553. The number of benzene rings is 2. The lowest BCUT2D eigenvalue weighted by Gasteiger charge is -2.35. The Morgan fingerprint density at radius 3 is 2.48 bits per heavy atom. The molecule has 0 aliphatic carbocycles. The van der Waals surface area contributed by atoms with Gasteiger partial charge in [0.25, 0.3) is 5.91 Å². The molecule has 1 aliphatic heterocycles. The third-order valence-corrected chi connectivity index (χ3v) is 5.69. The van der Waals surface area contributed by atoms with Crippen LogP contribution in [0.2, 0.25) is 0 Å². The zero-order chi connectivity index (χ0) is 21.2. The summed E-state index contributed by atoms with van der Waals surface area (Å²) in [4.78, 5) is 29.1.